The van der Waals surface area contributed by atoms with Crippen molar-refractivity contribution in [2.75, 3.05) is 6.54 Å². The number of aromatic nitrogens is 1. The molecular formula is C30H43FN4O4S. The van der Waals surface area contributed by atoms with Crippen LogP contribution >= 0.6 is 11.3 Å². The van der Waals surface area contributed by atoms with Gasteiger partial charge in [-0.25, -0.2) is 9.37 Å². The first-order chi connectivity index (χ1) is 18.8. The van der Waals surface area contributed by atoms with Crippen molar-refractivity contribution in [3.05, 3.63) is 41.0 Å². The predicted molar refractivity (Wildman–Crippen MR) is 155 cm³/mol. The summed E-state index contributed by atoms with van der Waals surface area (Å²) in [4.78, 5) is 42.0. The van der Waals surface area contributed by atoms with Crippen LogP contribution in [0.15, 0.2) is 29.8 Å². The van der Waals surface area contributed by atoms with Crippen molar-refractivity contribution in [1.29, 1.82) is 0 Å². The van der Waals surface area contributed by atoms with E-state index in [4.69, 9.17) is 0 Å². The van der Waals surface area contributed by atoms with Crippen LogP contribution in [0.4, 0.5) is 4.39 Å². The molecule has 1 saturated heterocycles. The summed E-state index contributed by atoms with van der Waals surface area (Å²) in [7, 11) is 0. The maximum absolute atomic E-state index is 13.2. The Morgan fingerprint density at radius 2 is 1.90 bits per heavy atom. The molecule has 2 heterocycles. The number of aliphatic hydroxyl groups is 1. The van der Waals surface area contributed by atoms with Crippen molar-refractivity contribution >= 4 is 29.6 Å². The van der Waals surface area contributed by atoms with Gasteiger partial charge in [-0.15, -0.1) is 11.3 Å². The Morgan fingerprint density at radius 3 is 2.40 bits per heavy atom. The SMILES string of the molecule is CC(NC(=O)C1(F)CC1)C(C)(C)C.CCCC(NC(=O)C1CC(O)CN1C=O)c1ccc(-c2scnc2C)cc1. The highest BCUT2D eigenvalue weighted by Crippen LogP contribution is 2.40. The lowest BCUT2D eigenvalue weighted by Crippen LogP contribution is -2.45. The second kappa shape index (κ2) is 13.2. The number of benzene rings is 1. The number of thiazole rings is 1. The number of β-amino-alcohol motifs (C(OH)–C–C–N with tert-alkyl or cyclic N) is 1. The van der Waals surface area contributed by atoms with Crippen molar-refractivity contribution in [2.24, 2.45) is 5.41 Å². The van der Waals surface area contributed by atoms with Gasteiger partial charge in [-0.3, -0.25) is 14.4 Å². The zero-order chi connectivity index (χ0) is 29.7. The van der Waals surface area contributed by atoms with E-state index in [-0.39, 0.29) is 36.4 Å². The third-order valence-corrected chi connectivity index (χ3v) is 8.69. The zero-order valence-corrected chi connectivity index (χ0v) is 25.2. The fourth-order valence-electron chi connectivity index (χ4n) is 4.42. The molecule has 1 saturated carbocycles. The molecule has 4 atom stereocenters. The number of aliphatic hydroxyl groups excluding tert-OH is 1. The Hall–Kier alpha value is -2.85. The molecule has 0 bridgehead atoms. The molecule has 0 spiro atoms. The summed E-state index contributed by atoms with van der Waals surface area (Å²) in [6, 6.07) is 7.48. The Kier molecular flexibility index (Phi) is 10.5. The number of aryl methyl sites for hydroxylation is 1. The van der Waals surface area contributed by atoms with E-state index in [2.05, 4.69) is 34.7 Å². The molecule has 8 nitrogen and oxygen atoms in total. The molecule has 3 amide bonds. The molecule has 1 aromatic heterocycles. The lowest BCUT2D eigenvalue weighted by molar-refractivity contribution is -0.131. The van der Waals surface area contributed by atoms with Crippen LogP contribution in [-0.2, 0) is 14.4 Å². The maximum Gasteiger partial charge on any atom is 0.257 e. The van der Waals surface area contributed by atoms with Crippen LogP contribution in [0.2, 0.25) is 0 Å². The molecule has 2 fully saturated rings. The second-order valence-electron chi connectivity index (χ2n) is 12.0. The largest absolute Gasteiger partial charge is 0.391 e. The number of hydrogen-bond donors (Lipinski definition) is 3. The summed E-state index contributed by atoms with van der Waals surface area (Å²) < 4.78 is 13.2. The van der Waals surface area contributed by atoms with E-state index in [1.165, 1.54) is 4.90 Å². The second-order valence-corrected chi connectivity index (χ2v) is 12.8. The number of likely N-dealkylation sites (tertiary alicyclic amines) is 1. The minimum Gasteiger partial charge on any atom is -0.391 e. The molecule has 40 heavy (non-hydrogen) atoms. The van der Waals surface area contributed by atoms with Gasteiger partial charge in [0.1, 0.15) is 6.04 Å². The van der Waals surface area contributed by atoms with Crippen molar-refractivity contribution in [2.45, 2.75) is 104 Å². The van der Waals surface area contributed by atoms with Crippen LogP contribution in [0, 0.1) is 12.3 Å². The molecule has 10 heteroatoms. The first-order valence-electron chi connectivity index (χ1n) is 14.0. The highest BCUT2D eigenvalue weighted by molar-refractivity contribution is 7.13. The van der Waals surface area contributed by atoms with Crippen LogP contribution in [0.25, 0.3) is 10.4 Å². The monoisotopic (exact) mass is 574 g/mol. The molecule has 4 rings (SSSR count). The highest BCUT2D eigenvalue weighted by atomic mass is 32.1. The fourth-order valence-corrected chi connectivity index (χ4v) is 5.23. The van der Waals surface area contributed by atoms with E-state index in [0.29, 0.717) is 19.3 Å². The van der Waals surface area contributed by atoms with Crippen LogP contribution < -0.4 is 10.6 Å². The predicted octanol–water partition coefficient (Wildman–Crippen LogP) is 4.71. The highest BCUT2D eigenvalue weighted by Gasteiger charge is 2.51. The first kappa shape index (κ1) is 31.7. The third kappa shape index (κ3) is 8.10. The van der Waals surface area contributed by atoms with Crippen molar-refractivity contribution in [3.63, 3.8) is 0 Å². The number of halogens is 1. The molecule has 1 aliphatic carbocycles. The Balaban J connectivity index is 0.000000285. The number of alkyl halides is 1. The molecule has 3 N–H and O–H groups in total. The van der Waals surface area contributed by atoms with Gasteiger partial charge in [0.25, 0.3) is 5.91 Å². The number of amides is 3. The lowest BCUT2D eigenvalue weighted by atomic mass is 9.88. The molecule has 1 aromatic carbocycles. The van der Waals surface area contributed by atoms with Gasteiger partial charge in [0.2, 0.25) is 12.3 Å². The Morgan fingerprint density at radius 1 is 1.25 bits per heavy atom. The van der Waals surface area contributed by atoms with Gasteiger partial charge >= 0.3 is 0 Å². The minimum absolute atomic E-state index is 0.00762. The van der Waals surface area contributed by atoms with Crippen LogP contribution in [0.3, 0.4) is 0 Å². The normalized spacial score (nSPS) is 21.1. The van der Waals surface area contributed by atoms with Gasteiger partial charge in [0, 0.05) is 19.0 Å². The molecule has 2 aromatic rings. The molecule has 1 aliphatic heterocycles. The minimum atomic E-state index is -1.54. The van der Waals surface area contributed by atoms with Crippen molar-refractivity contribution in [1.82, 2.24) is 20.5 Å². The summed E-state index contributed by atoms with van der Waals surface area (Å²) in [5.74, 6) is -0.644. The van der Waals surface area contributed by atoms with Gasteiger partial charge in [0.05, 0.1) is 28.2 Å². The summed E-state index contributed by atoms with van der Waals surface area (Å²) in [5, 5.41) is 15.5. The Labute approximate surface area is 240 Å². The topological polar surface area (TPSA) is 112 Å². The smallest absolute Gasteiger partial charge is 0.257 e. The zero-order valence-electron chi connectivity index (χ0n) is 24.4. The Bertz CT molecular complexity index is 1160. The number of rotatable bonds is 9. The van der Waals surface area contributed by atoms with Crippen LogP contribution in [0.5, 0.6) is 0 Å². The van der Waals surface area contributed by atoms with Crippen molar-refractivity contribution < 1.29 is 23.9 Å². The van der Waals surface area contributed by atoms with E-state index >= 15 is 0 Å². The molecule has 0 radical (unpaired) electrons. The van der Waals surface area contributed by atoms with E-state index in [1.54, 1.807) is 11.3 Å². The molecular weight excluding hydrogens is 531 g/mol. The number of hydrogen-bond acceptors (Lipinski definition) is 6. The van der Waals surface area contributed by atoms with E-state index in [9.17, 15) is 23.9 Å². The van der Waals surface area contributed by atoms with Gasteiger partial charge in [0.15, 0.2) is 5.67 Å². The van der Waals surface area contributed by atoms with E-state index in [1.807, 2.05) is 52.3 Å². The quantitative estimate of drug-likeness (QED) is 0.376. The average molecular weight is 575 g/mol. The third-order valence-electron chi connectivity index (χ3n) is 7.71. The number of nitrogens with zero attached hydrogens (tertiary/aromatic N) is 2. The van der Waals surface area contributed by atoms with E-state index < -0.39 is 23.7 Å². The molecule has 220 valence electrons. The lowest BCUT2D eigenvalue weighted by Gasteiger charge is -2.28. The summed E-state index contributed by atoms with van der Waals surface area (Å²) in [6.45, 7) is 12.3. The first-order valence-corrected chi connectivity index (χ1v) is 14.9. The number of carbonyl (C=O) groups is 3. The average Bonchev–Trinajstić information content (AvgIpc) is 3.33. The van der Waals surface area contributed by atoms with Gasteiger partial charge in [-0.2, -0.15) is 0 Å². The fraction of sp³-hybridized carbons (Fsp3) is 0.600. The molecule has 2 aliphatic rings. The van der Waals surface area contributed by atoms with Crippen molar-refractivity contribution in [3.8, 4) is 10.4 Å². The summed E-state index contributed by atoms with van der Waals surface area (Å²) >= 11 is 1.61. The van der Waals surface area contributed by atoms with Crippen LogP contribution in [-0.4, -0.2) is 63.6 Å². The standard InChI is InChI=1S/C20H25N3O3S.C10H18FNO/c1-3-4-17(22-20(26)18-9-16(25)10-23(18)12-24)14-5-7-15(8-6-14)19-13(2)21-11-27-19;1-7(9(2,3)4)12-8(13)10(11)5-6-10/h5-8,11-12,16-18,25H,3-4,9-10H2,1-2H3,(H,22,26);7H,5-6H2,1-4H3,(H,12,13). The van der Waals surface area contributed by atoms with Gasteiger partial charge in [-0.1, -0.05) is 58.4 Å². The number of carbonyl (C=O) groups excluding carboxylic acids is 3. The number of nitrogens with one attached hydrogen (secondary N) is 2. The van der Waals surface area contributed by atoms with Crippen LogP contribution in [0.1, 0.15) is 84.0 Å². The maximum atomic E-state index is 13.2. The summed E-state index contributed by atoms with van der Waals surface area (Å²) in [6.07, 6.45) is 2.78. The van der Waals surface area contributed by atoms with Gasteiger partial charge in [-0.05, 0) is 49.7 Å². The molecule has 4 unspecified atom stereocenters. The summed E-state index contributed by atoms with van der Waals surface area (Å²) in [5.41, 5.74) is 3.45. The van der Waals surface area contributed by atoms with E-state index in [0.717, 1.165) is 34.5 Å². The van der Waals surface area contributed by atoms with Gasteiger partial charge < -0.3 is 20.6 Å².